The molecule has 0 aromatic rings. The van der Waals surface area contributed by atoms with Crippen molar-refractivity contribution < 1.29 is 0 Å². The van der Waals surface area contributed by atoms with Crippen molar-refractivity contribution >= 4 is 5.96 Å². The Hall–Kier alpha value is -0.770. The third kappa shape index (κ3) is 4.08. The van der Waals surface area contributed by atoms with E-state index in [-0.39, 0.29) is 0 Å². The van der Waals surface area contributed by atoms with Gasteiger partial charge in [-0.2, -0.15) is 0 Å². The van der Waals surface area contributed by atoms with E-state index in [1.165, 1.54) is 25.9 Å². The number of hydrogen-bond donors (Lipinski definition) is 2. The lowest BCUT2D eigenvalue weighted by Crippen LogP contribution is -2.44. The Labute approximate surface area is 92.9 Å². The molecule has 0 aliphatic carbocycles. The van der Waals surface area contributed by atoms with Gasteiger partial charge in [0, 0.05) is 26.2 Å². The Morgan fingerprint density at radius 3 is 2.93 bits per heavy atom. The molecule has 3 N–H and O–H groups in total. The van der Waals surface area contributed by atoms with Gasteiger partial charge >= 0.3 is 0 Å². The molecule has 1 saturated heterocycles. The Kier molecular flexibility index (Phi) is 4.88. The number of piperidine rings is 1. The molecule has 0 unspecified atom stereocenters. The van der Waals surface area contributed by atoms with Gasteiger partial charge in [-0.05, 0) is 39.2 Å². The van der Waals surface area contributed by atoms with Crippen molar-refractivity contribution in [2.45, 2.75) is 32.7 Å². The third-order valence-electron chi connectivity index (χ3n) is 3.09. The molecule has 0 radical (unpaired) electrons. The van der Waals surface area contributed by atoms with Gasteiger partial charge in [0.15, 0.2) is 5.96 Å². The van der Waals surface area contributed by atoms with Gasteiger partial charge in [0.05, 0.1) is 0 Å². The van der Waals surface area contributed by atoms with E-state index in [0.29, 0.717) is 17.9 Å². The largest absolute Gasteiger partial charge is 0.370 e. The highest BCUT2D eigenvalue weighted by atomic mass is 15.2. The normalized spacial score (nSPS) is 24.5. The van der Waals surface area contributed by atoms with Crippen LogP contribution in [-0.4, -0.2) is 43.6 Å². The fraction of sp³-hybridized carbons (Fsp3) is 0.909. The van der Waals surface area contributed by atoms with E-state index in [4.69, 9.17) is 5.73 Å². The van der Waals surface area contributed by atoms with Crippen molar-refractivity contribution in [1.82, 2.24) is 10.2 Å². The van der Waals surface area contributed by atoms with E-state index in [2.05, 4.69) is 29.1 Å². The fourth-order valence-electron chi connectivity index (χ4n) is 2.06. The maximum Gasteiger partial charge on any atom is 0.188 e. The van der Waals surface area contributed by atoms with Crippen molar-refractivity contribution in [3.05, 3.63) is 0 Å². The van der Waals surface area contributed by atoms with E-state index in [1.807, 2.05) is 0 Å². The first kappa shape index (κ1) is 12.3. The summed E-state index contributed by atoms with van der Waals surface area (Å²) in [5.74, 6) is 1.26. The summed E-state index contributed by atoms with van der Waals surface area (Å²) in [6.45, 7) is 7.90. The van der Waals surface area contributed by atoms with Crippen molar-refractivity contribution in [2.24, 2.45) is 16.6 Å². The lowest BCUT2D eigenvalue weighted by atomic mass is 9.97. The fourth-order valence-corrected chi connectivity index (χ4v) is 2.06. The van der Waals surface area contributed by atoms with E-state index in [9.17, 15) is 0 Å². The second kappa shape index (κ2) is 5.95. The van der Waals surface area contributed by atoms with Crippen LogP contribution in [0.4, 0.5) is 0 Å². The van der Waals surface area contributed by atoms with Crippen LogP contribution in [0.25, 0.3) is 0 Å². The van der Waals surface area contributed by atoms with Crippen LogP contribution in [0.3, 0.4) is 0 Å². The highest BCUT2D eigenvalue weighted by Crippen LogP contribution is 2.17. The minimum absolute atomic E-state index is 0.552. The molecule has 4 nitrogen and oxygen atoms in total. The quantitative estimate of drug-likeness (QED) is 0.533. The molecule has 0 amide bonds. The smallest absolute Gasteiger partial charge is 0.188 e. The predicted molar refractivity (Wildman–Crippen MR) is 65.0 cm³/mol. The van der Waals surface area contributed by atoms with Gasteiger partial charge in [-0.1, -0.05) is 0 Å². The summed E-state index contributed by atoms with van der Waals surface area (Å²) in [6.07, 6.45) is 2.60. The Morgan fingerprint density at radius 2 is 2.33 bits per heavy atom. The predicted octanol–water partition coefficient (Wildman–Crippen LogP) is 0.641. The lowest BCUT2D eigenvalue weighted by molar-refractivity contribution is 0.141. The van der Waals surface area contributed by atoms with Gasteiger partial charge in [0.1, 0.15) is 0 Å². The van der Waals surface area contributed by atoms with E-state index >= 15 is 0 Å². The number of aliphatic imine (C=N–C) groups is 1. The van der Waals surface area contributed by atoms with Crippen LogP contribution in [0.15, 0.2) is 4.99 Å². The van der Waals surface area contributed by atoms with Crippen LogP contribution in [0.1, 0.15) is 26.7 Å². The molecular weight excluding hydrogens is 188 g/mol. The summed E-state index contributed by atoms with van der Waals surface area (Å²) in [5.41, 5.74) is 5.61. The zero-order valence-electron chi connectivity index (χ0n) is 10.2. The molecule has 0 spiro atoms. The second-order valence-corrected chi connectivity index (χ2v) is 4.59. The summed E-state index contributed by atoms with van der Waals surface area (Å²) < 4.78 is 0. The average molecular weight is 212 g/mol. The SMILES string of the molecule is CN=C(N)NC[C@@H]1CCCN(C(C)C)C1. The van der Waals surface area contributed by atoms with Gasteiger partial charge in [0.25, 0.3) is 0 Å². The van der Waals surface area contributed by atoms with Crippen LogP contribution in [0.2, 0.25) is 0 Å². The molecule has 0 bridgehead atoms. The number of rotatable bonds is 3. The van der Waals surface area contributed by atoms with Crippen LogP contribution >= 0.6 is 0 Å². The number of nitrogens with zero attached hydrogens (tertiary/aromatic N) is 2. The van der Waals surface area contributed by atoms with Crippen molar-refractivity contribution in [2.75, 3.05) is 26.7 Å². The van der Waals surface area contributed by atoms with Crippen LogP contribution in [0.5, 0.6) is 0 Å². The summed E-state index contributed by atoms with van der Waals surface area (Å²) in [4.78, 5) is 6.43. The van der Waals surface area contributed by atoms with Crippen LogP contribution in [0, 0.1) is 5.92 Å². The maximum atomic E-state index is 5.61. The molecule has 4 heteroatoms. The van der Waals surface area contributed by atoms with Crippen molar-refractivity contribution in [3.8, 4) is 0 Å². The molecule has 1 aliphatic heterocycles. The number of guanidine groups is 1. The van der Waals surface area contributed by atoms with Crippen LogP contribution < -0.4 is 11.1 Å². The Morgan fingerprint density at radius 1 is 1.60 bits per heavy atom. The molecule has 0 saturated carbocycles. The minimum atomic E-state index is 0.552. The van der Waals surface area contributed by atoms with Crippen molar-refractivity contribution in [1.29, 1.82) is 0 Å². The van der Waals surface area contributed by atoms with Crippen LogP contribution in [-0.2, 0) is 0 Å². The summed E-state index contributed by atoms with van der Waals surface area (Å²) in [7, 11) is 1.71. The number of nitrogens with one attached hydrogen (secondary N) is 1. The van der Waals surface area contributed by atoms with Gasteiger partial charge < -0.3 is 16.0 Å². The maximum absolute atomic E-state index is 5.61. The first-order chi connectivity index (χ1) is 7.13. The molecule has 0 aromatic carbocycles. The molecule has 1 heterocycles. The lowest BCUT2D eigenvalue weighted by Gasteiger charge is -2.35. The Bertz CT molecular complexity index is 213. The Balaban J connectivity index is 2.30. The first-order valence-electron chi connectivity index (χ1n) is 5.83. The topological polar surface area (TPSA) is 53.6 Å². The molecule has 15 heavy (non-hydrogen) atoms. The molecule has 1 rings (SSSR count). The first-order valence-corrected chi connectivity index (χ1v) is 5.83. The highest BCUT2D eigenvalue weighted by molar-refractivity contribution is 5.77. The minimum Gasteiger partial charge on any atom is -0.370 e. The molecule has 1 aliphatic rings. The molecular formula is C11H24N4. The number of nitrogens with two attached hydrogens (primary N) is 1. The molecule has 88 valence electrons. The second-order valence-electron chi connectivity index (χ2n) is 4.59. The van der Waals surface area contributed by atoms with E-state index in [0.717, 1.165) is 6.54 Å². The van der Waals surface area contributed by atoms with Gasteiger partial charge in [-0.15, -0.1) is 0 Å². The van der Waals surface area contributed by atoms with Gasteiger partial charge in [0.2, 0.25) is 0 Å². The summed E-state index contributed by atoms with van der Waals surface area (Å²) in [6, 6.07) is 0.657. The monoisotopic (exact) mass is 212 g/mol. The number of hydrogen-bond acceptors (Lipinski definition) is 2. The third-order valence-corrected chi connectivity index (χ3v) is 3.09. The summed E-state index contributed by atoms with van der Waals surface area (Å²) >= 11 is 0. The van der Waals surface area contributed by atoms with E-state index < -0.39 is 0 Å². The standard InChI is InChI=1S/C11H24N4/c1-9(2)15-6-4-5-10(8-15)7-14-11(12)13-3/h9-10H,4-8H2,1-3H3,(H3,12,13,14)/t10-/m0/s1. The average Bonchev–Trinajstić information content (AvgIpc) is 2.26. The van der Waals surface area contributed by atoms with Gasteiger partial charge in [-0.25, -0.2) is 0 Å². The zero-order chi connectivity index (χ0) is 11.3. The zero-order valence-corrected chi connectivity index (χ0v) is 10.2. The van der Waals surface area contributed by atoms with Crippen molar-refractivity contribution in [3.63, 3.8) is 0 Å². The van der Waals surface area contributed by atoms with E-state index in [1.54, 1.807) is 7.05 Å². The molecule has 0 aromatic heterocycles. The molecule has 1 fully saturated rings. The molecule has 1 atom stereocenters. The van der Waals surface area contributed by atoms with Gasteiger partial charge in [-0.3, -0.25) is 4.99 Å². The summed E-state index contributed by atoms with van der Waals surface area (Å²) in [5, 5.41) is 3.16. The number of likely N-dealkylation sites (tertiary alicyclic amines) is 1. The highest BCUT2D eigenvalue weighted by Gasteiger charge is 2.21.